The Morgan fingerprint density at radius 1 is 1.48 bits per heavy atom. The first-order chi connectivity index (χ1) is 10.0. The van der Waals surface area contributed by atoms with Crippen molar-refractivity contribution in [3.05, 3.63) is 35.6 Å². The molecule has 5 heteroatoms. The van der Waals surface area contributed by atoms with E-state index in [-0.39, 0.29) is 36.7 Å². The van der Waals surface area contributed by atoms with Gasteiger partial charge in [0.05, 0.1) is 24.9 Å². The Hall–Kier alpha value is -1.01. The summed E-state index contributed by atoms with van der Waals surface area (Å²) in [5.41, 5.74) is 7.18. The quantitative estimate of drug-likeness (QED) is 0.868. The number of rotatable bonds is 5. The van der Waals surface area contributed by atoms with Gasteiger partial charge in [0, 0.05) is 19.1 Å². The maximum atomic E-state index is 13.6. The van der Waals surface area contributed by atoms with E-state index in [1.165, 1.54) is 6.07 Å². The third-order valence-electron chi connectivity index (χ3n) is 4.02. The van der Waals surface area contributed by atoms with Crippen molar-refractivity contribution < 1.29 is 14.2 Å². The van der Waals surface area contributed by atoms with Gasteiger partial charge in [0.15, 0.2) is 0 Å². The van der Waals surface area contributed by atoms with Crippen LogP contribution in [-0.2, 0) is 4.74 Å². The minimum atomic E-state index is -0.249. The van der Waals surface area contributed by atoms with Gasteiger partial charge >= 0.3 is 0 Å². The first kappa shape index (κ1) is 16.4. The highest BCUT2D eigenvalue weighted by atomic mass is 19.1. The van der Waals surface area contributed by atoms with Crippen molar-refractivity contribution in [2.24, 2.45) is 5.73 Å². The van der Waals surface area contributed by atoms with E-state index in [9.17, 15) is 9.50 Å². The SMILES string of the molecule is CCC(N)C(c1cccc(F)c1)N1CC(C)OC(CO)C1. The Balaban J connectivity index is 2.27. The molecule has 2 rings (SSSR count). The van der Waals surface area contributed by atoms with Crippen LogP contribution in [0.15, 0.2) is 24.3 Å². The Bertz CT molecular complexity index is 458. The van der Waals surface area contributed by atoms with Gasteiger partial charge in [0.1, 0.15) is 5.82 Å². The van der Waals surface area contributed by atoms with Crippen LogP contribution in [0.2, 0.25) is 0 Å². The maximum absolute atomic E-state index is 13.6. The molecule has 4 atom stereocenters. The molecule has 0 aromatic heterocycles. The van der Waals surface area contributed by atoms with Crippen LogP contribution in [0.4, 0.5) is 4.39 Å². The van der Waals surface area contributed by atoms with Gasteiger partial charge in [-0.3, -0.25) is 4.90 Å². The molecule has 0 saturated carbocycles. The molecule has 1 aliphatic rings. The van der Waals surface area contributed by atoms with Crippen LogP contribution in [0.5, 0.6) is 0 Å². The van der Waals surface area contributed by atoms with E-state index in [0.717, 1.165) is 18.5 Å². The lowest BCUT2D eigenvalue weighted by atomic mass is 9.95. The summed E-state index contributed by atoms with van der Waals surface area (Å²) in [4.78, 5) is 2.21. The van der Waals surface area contributed by atoms with Gasteiger partial charge in [-0.2, -0.15) is 0 Å². The topological polar surface area (TPSA) is 58.7 Å². The van der Waals surface area contributed by atoms with Gasteiger partial charge in [-0.05, 0) is 31.0 Å². The second kappa shape index (κ2) is 7.31. The maximum Gasteiger partial charge on any atom is 0.123 e. The van der Waals surface area contributed by atoms with Crippen molar-refractivity contribution in [1.82, 2.24) is 4.90 Å². The van der Waals surface area contributed by atoms with Crippen LogP contribution >= 0.6 is 0 Å². The average Bonchev–Trinajstić information content (AvgIpc) is 2.46. The van der Waals surface area contributed by atoms with Gasteiger partial charge in [-0.15, -0.1) is 0 Å². The minimum absolute atomic E-state index is 0.0158. The normalized spacial score (nSPS) is 26.5. The van der Waals surface area contributed by atoms with Crippen molar-refractivity contribution in [1.29, 1.82) is 0 Å². The van der Waals surface area contributed by atoms with Crippen LogP contribution in [0.1, 0.15) is 31.9 Å². The van der Waals surface area contributed by atoms with Gasteiger partial charge in [-0.25, -0.2) is 4.39 Å². The molecule has 0 bridgehead atoms. The molecule has 118 valence electrons. The van der Waals surface area contributed by atoms with E-state index in [1.807, 2.05) is 19.9 Å². The van der Waals surface area contributed by atoms with Crippen molar-refractivity contribution in [2.45, 2.75) is 44.6 Å². The number of halogens is 1. The number of morpholine rings is 1. The van der Waals surface area contributed by atoms with Gasteiger partial charge in [0.25, 0.3) is 0 Å². The molecule has 1 fully saturated rings. The van der Waals surface area contributed by atoms with Crippen molar-refractivity contribution in [2.75, 3.05) is 19.7 Å². The number of hydrogen-bond donors (Lipinski definition) is 2. The van der Waals surface area contributed by atoms with Gasteiger partial charge < -0.3 is 15.6 Å². The highest BCUT2D eigenvalue weighted by Crippen LogP contribution is 2.28. The highest BCUT2D eigenvalue weighted by Gasteiger charge is 2.33. The number of nitrogens with two attached hydrogens (primary N) is 1. The fraction of sp³-hybridized carbons (Fsp3) is 0.625. The Kier molecular flexibility index (Phi) is 5.70. The van der Waals surface area contributed by atoms with Gasteiger partial charge in [0.2, 0.25) is 0 Å². The summed E-state index contributed by atoms with van der Waals surface area (Å²) in [6, 6.07) is 6.47. The van der Waals surface area contributed by atoms with Crippen LogP contribution < -0.4 is 5.73 Å². The van der Waals surface area contributed by atoms with Gasteiger partial charge in [-0.1, -0.05) is 19.1 Å². The zero-order chi connectivity index (χ0) is 15.4. The summed E-state index contributed by atoms with van der Waals surface area (Å²) in [7, 11) is 0. The molecule has 0 spiro atoms. The fourth-order valence-corrected chi connectivity index (χ4v) is 3.05. The van der Waals surface area contributed by atoms with Crippen LogP contribution in [0.3, 0.4) is 0 Å². The average molecular weight is 296 g/mol. The molecule has 1 aromatic rings. The second-order valence-electron chi connectivity index (χ2n) is 5.78. The number of hydrogen-bond acceptors (Lipinski definition) is 4. The Labute approximate surface area is 125 Å². The summed E-state index contributed by atoms with van der Waals surface area (Å²) in [6.07, 6.45) is 0.612. The molecule has 1 aliphatic heterocycles. The number of nitrogens with zero attached hydrogens (tertiary/aromatic N) is 1. The summed E-state index contributed by atoms with van der Waals surface area (Å²) in [5, 5.41) is 9.38. The number of benzene rings is 1. The molecule has 1 saturated heterocycles. The molecule has 1 aromatic carbocycles. The minimum Gasteiger partial charge on any atom is -0.394 e. The molecule has 21 heavy (non-hydrogen) atoms. The highest BCUT2D eigenvalue weighted by molar-refractivity contribution is 5.22. The molecule has 3 N–H and O–H groups in total. The van der Waals surface area contributed by atoms with Crippen molar-refractivity contribution in [3.63, 3.8) is 0 Å². The first-order valence-electron chi connectivity index (χ1n) is 7.56. The van der Waals surface area contributed by atoms with Crippen LogP contribution in [0, 0.1) is 5.82 Å². The Morgan fingerprint density at radius 2 is 2.24 bits per heavy atom. The number of aliphatic hydroxyl groups is 1. The lowest BCUT2D eigenvalue weighted by Crippen LogP contribution is -2.52. The fourth-order valence-electron chi connectivity index (χ4n) is 3.05. The molecule has 0 aliphatic carbocycles. The third-order valence-corrected chi connectivity index (χ3v) is 4.02. The molecular formula is C16H25FN2O2. The van der Waals surface area contributed by atoms with Crippen molar-refractivity contribution >= 4 is 0 Å². The van der Waals surface area contributed by atoms with E-state index in [0.29, 0.717) is 6.54 Å². The summed E-state index contributed by atoms with van der Waals surface area (Å²) < 4.78 is 19.2. The smallest absolute Gasteiger partial charge is 0.123 e. The predicted molar refractivity (Wildman–Crippen MR) is 80.4 cm³/mol. The molecule has 1 heterocycles. The van der Waals surface area contributed by atoms with E-state index in [1.54, 1.807) is 12.1 Å². The monoisotopic (exact) mass is 296 g/mol. The summed E-state index contributed by atoms with van der Waals surface area (Å²) in [6.45, 7) is 5.33. The zero-order valence-corrected chi connectivity index (χ0v) is 12.7. The second-order valence-corrected chi connectivity index (χ2v) is 5.78. The van der Waals surface area contributed by atoms with Crippen LogP contribution in [-0.4, -0.2) is 48.0 Å². The standard InChI is InChI=1S/C16H25FN2O2/c1-3-15(18)16(12-5-4-6-13(17)7-12)19-8-11(2)21-14(9-19)10-20/h4-7,11,14-16,20H,3,8-10,18H2,1-2H3. The molecular weight excluding hydrogens is 271 g/mol. The van der Waals surface area contributed by atoms with E-state index >= 15 is 0 Å². The van der Waals surface area contributed by atoms with Crippen molar-refractivity contribution in [3.8, 4) is 0 Å². The summed E-state index contributed by atoms with van der Waals surface area (Å²) in [5.74, 6) is -0.249. The van der Waals surface area contributed by atoms with Crippen LogP contribution in [0.25, 0.3) is 0 Å². The third kappa shape index (κ3) is 4.01. The molecule has 4 unspecified atom stereocenters. The number of aliphatic hydroxyl groups excluding tert-OH is 1. The lowest BCUT2D eigenvalue weighted by molar-refractivity contribution is -0.108. The molecule has 0 radical (unpaired) electrons. The Morgan fingerprint density at radius 3 is 2.86 bits per heavy atom. The molecule has 0 amide bonds. The zero-order valence-electron chi connectivity index (χ0n) is 12.7. The largest absolute Gasteiger partial charge is 0.394 e. The summed E-state index contributed by atoms with van der Waals surface area (Å²) >= 11 is 0. The van der Waals surface area contributed by atoms with E-state index < -0.39 is 0 Å². The first-order valence-corrected chi connectivity index (χ1v) is 7.56. The van der Waals surface area contributed by atoms with E-state index in [2.05, 4.69) is 4.90 Å². The lowest BCUT2D eigenvalue weighted by Gasteiger charge is -2.42. The van der Waals surface area contributed by atoms with E-state index in [4.69, 9.17) is 10.5 Å². The predicted octanol–water partition coefficient (Wildman–Crippen LogP) is 1.69. The number of ether oxygens (including phenoxy) is 1. The molecule has 4 nitrogen and oxygen atoms in total.